The van der Waals surface area contributed by atoms with Gasteiger partial charge in [0.05, 0.1) is 21.3 Å². The van der Waals surface area contributed by atoms with Crippen molar-refractivity contribution in [3.63, 3.8) is 0 Å². The molecule has 0 heterocycles. The summed E-state index contributed by atoms with van der Waals surface area (Å²) in [4.78, 5) is 33.4. The van der Waals surface area contributed by atoms with Gasteiger partial charge in [0.15, 0.2) is 11.5 Å². The molecule has 0 fully saturated rings. The second-order valence-electron chi connectivity index (χ2n) is 3.68. The van der Waals surface area contributed by atoms with Crippen LogP contribution in [0.4, 0.5) is 9.59 Å². The summed E-state index contributed by atoms with van der Waals surface area (Å²) in [5, 5.41) is 0. The lowest BCUT2D eigenvalue weighted by molar-refractivity contribution is -0.134. The van der Waals surface area contributed by atoms with E-state index < -0.39 is 18.3 Å². The van der Waals surface area contributed by atoms with Gasteiger partial charge in [0.1, 0.15) is 0 Å². The Labute approximate surface area is 126 Å². The van der Waals surface area contributed by atoms with Crippen molar-refractivity contribution in [1.82, 2.24) is 0 Å². The van der Waals surface area contributed by atoms with Crippen molar-refractivity contribution in [2.45, 2.75) is 0 Å². The number of rotatable bonds is 4. The summed E-state index contributed by atoms with van der Waals surface area (Å²) in [5.41, 5.74) is 0.501. The molecule has 0 unspecified atom stereocenters. The van der Waals surface area contributed by atoms with Crippen molar-refractivity contribution >= 4 is 24.4 Å². The van der Waals surface area contributed by atoms with E-state index in [0.29, 0.717) is 5.56 Å². The first kappa shape index (κ1) is 17.0. The van der Waals surface area contributed by atoms with Crippen molar-refractivity contribution in [3.8, 4) is 11.5 Å². The second kappa shape index (κ2) is 8.30. The SMILES string of the molecule is COC(=O)C=Cc1ccc(OC(=O)OC)c(OC(=O)OC)c1. The molecule has 22 heavy (non-hydrogen) atoms. The molecule has 8 nitrogen and oxygen atoms in total. The molecule has 1 rings (SSSR count). The quantitative estimate of drug-likeness (QED) is 0.361. The third-order valence-electron chi connectivity index (χ3n) is 2.30. The van der Waals surface area contributed by atoms with E-state index in [1.807, 2.05) is 0 Å². The summed E-state index contributed by atoms with van der Waals surface area (Å²) in [6, 6.07) is 4.27. The molecule has 0 bridgehead atoms. The lowest BCUT2D eigenvalue weighted by Gasteiger charge is -2.09. The third-order valence-corrected chi connectivity index (χ3v) is 2.30. The first-order chi connectivity index (χ1) is 10.5. The van der Waals surface area contributed by atoms with Gasteiger partial charge in [0.2, 0.25) is 0 Å². The minimum Gasteiger partial charge on any atom is -0.466 e. The molecule has 0 aliphatic heterocycles. The summed E-state index contributed by atoms with van der Waals surface area (Å²) in [6.45, 7) is 0. The van der Waals surface area contributed by atoms with E-state index in [1.165, 1.54) is 37.5 Å². The number of carbonyl (C=O) groups is 3. The van der Waals surface area contributed by atoms with Gasteiger partial charge in [-0.1, -0.05) is 6.07 Å². The monoisotopic (exact) mass is 310 g/mol. The van der Waals surface area contributed by atoms with Gasteiger partial charge < -0.3 is 23.7 Å². The Morgan fingerprint density at radius 2 is 1.45 bits per heavy atom. The normalized spacial score (nSPS) is 9.95. The molecular formula is C14H14O8. The molecule has 0 spiro atoms. The van der Waals surface area contributed by atoms with E-state index >= 15 is 0 Å². The summed E-state index contributed by atoms with van der Waals surface area (Å²) >= 11 is 0. The van der Waals surface area contributed by atoms with Crippen molar-refractivity contribution in [3.05, 3.63) is 29.8 Å². The Balaban J connectivity index is 3.07. The molecule has 0 aliphatic carbocycles. The molecule has 1 aromatic carbocycles. The van der Waals surface area contributed by atoms with E-state index in [1.54, 1.807) is 0 Å². The maximum absolute atomic E-state index is 11.2. The largest absolute Gasteiger partial charge is 0.513 e. The van der Waals surface area contributed by atoms with Gasteiger partial charge in [-0.3, -0.25) is 0 Å². The fraction of sp³-hybridized carbons (Fsp3) is 0.214. The molecule has 0 N–H and O–H groups in total. The fourth-order valence-electron chi connectivity index (χ4n) is 1.29. The molecule has 0 amide bonds. The Morgan fingerprint density at radius 3 is 2.00 bits per heavy atom. The Bertz CT molecular complexity index is 591. The smallest absolute Gasteiger partial charge is 0.466 e. The van der Waals surface area contributed by atoms with E-state index in [0.717, 1.165) is 14.2 Å². The molecule has 0 radical (unpaired) electrons. The predicted octanol–water partition coefficient (Wildman–Crippen LogP) is 2.16. The maximum atomic E-state index is 11.2. The highest BCUT2D eigenvalue weighted by atomic mass is 16.7. The summed E-state index contributed by atoms with van der Waals surface area (Å²) < 4.78 is 22.9. The molecule has 1 aromatic rings. The number of hydrogen-bond donors (Lipinski definition) is 0. The highest BCUT2D eigenvalue weighted by Crippen LogP contribution is 2.29. The van der Waals surface area contributed by atoms with Gasteiger partial charge in [-0.2, -0.15) is 0 Å². The Hall–Kier alpha value is -3.03. The number of methoxy groups -OCH3 is 3. The summed E-state index contributed by atoms with van der Waals surface area (Å²) in [7, 11) is 3.51. The zero-order valence-electron chi connectivity index (χ0n) is 12.2. The molecule has 8 heteroatoms. The van der Waals surface area contributed by atoms with E-state index in [2.05, 4.69) is 14.2 Å². The zero-order valence-corrected chi connectivity index (χ0v) is 12.2. The van der Waals surface area contributed by atoms with E-state index in [-0.39, 0.29) is 11.5 Å². The number of benzene rings is 1. The van der Waals surface area contributed by atoms with Gasteiger partial charge in [0.25, 0.3) is 0 Å². The summed E-state index contributed by atoms with van der Waals surface area (Å²) in [5.74, 6) is -0.679. The van der Waals surface area contributed by atoms with Crippen LogP contribution < -0.4 is 9.47 Å². The standard InChI is InChI=1S/C14H14O8/c1-18-12(15)7-5-9-4-6-10(21-13(16)19-2)11(8-9)22-14(17)20-3/h4-8H,1-3H3. The summed E-state index contributed by atoms with van der Waals surface area (Å²) in [6.07, 6.45) is 0.632. The van der Waals surface area contributed by atoms with Crippen LogP contribution in [0.5, 0.6) is 11.5 Å². The second-order valence-corrected chi connectivity index (χ2v) is 3.68. The molecule has 0 saturated carbocycles. The van der Waals surface area contributed by atoms with Gasteiger partial charge >= 0.3 is 18.3 Å². The van der Waals surface area contributed by atoms with Gasteiger partial charge in [-0.15, -0.1) is 0 Å². The van der Waals surface area contributed by atoms with Crippen molar-refractivity contribution in [2.75, 3.05) is 21.3 Å². The molecule has 0 atom stereocenters. The lowest BCUT2D eigenvalue weighted by atomic mass is 10.2. The topological polar surface area (TPSA) is 97.4 Å². The molecule has 0 aliphatic rings. The van der Waals surface area contributed by atoms with Crippen molar-refractivity contribution in [1.29, 1.82) is 0 Å². The van der Waals surface area contributed by atoms with E-state index in [9.17, 15) is 14.4 Å². The molecular weight excluding hydrogens is 296 g/mol. The van der Waals surface area contributed by atoms with E-state index in [4.69, 9.17) is 9.47 Å². The number of esters is 1. The van der Waals surface area contributed by atoms with Gasteiger partial charge in [0, 0.05) is 6.08 Å². The Morgan fingerprint density at radius 1 is 0.864 bits per heavy atom. The van der Waals surface area contributed by atoms with Crippen LogP contribution in [0.1, 0.15) is 5.56 Å². The number of ether oxygens (including phenoxy) is 5. The highest BCUT2D eigenvalue weighted by molar-refractivity contribution is 5.87. The molecule has 0 aromatic heterocycles. The minimum atomic E-state index is -0.996. The average Bonchev–Trinajstić information content (AvgIpc) is 2.54. The van der Waals surface area contributed by atoms with Crippen LogP contribution in [-0.4, -0.2) is 39.6 Å². The van der Waals surface area contributed by atoms with Crippen LogP contribution in [-0.2, 0) is 19.0 Å². The molecule has 0 saturated heterocycles. The van der Waals surface area contributed by atoms with Crippen LogP contribution in [0.15, 0.2) is 24.3 Å². The van der Waals surface area contributed by atoms with Crippen LogP contribution in [0, 0.1) is 0 Å². The van der Waals surface area contributed by atoms with Crippen molar-refractivity contribution < 1.29 is 38.1 Å². The van der Waals surface area contributed by atoms with Crippen molar-refractivity contribution in [2.24, 2.45) is 0 Å². The highest BCUT2D eigenvalue weighted by Gasteiger charge is 2.14. The van der Waals surface area contributed by atoms with Crippen LogP contribution in [0.25, 0.3) is 6.08 Å². The fourth-order valence-corrected chi connectivity index (χ4v) is 1.29. The van der Waals surface area contributed by atoms with Gasteiger partial charge in [-0.25, -0.2) is 14.4 Å². The molecule has 118 valence electrons. The zero-order chi connectivity index (χ0) is 16.5. The lowest BCUT2D eigenvalue weighted by Crippen LogP contribution is -2.12. The predicted molar refractivity (Wildman–Crippen MR) is 73.6 cm³/mol. The number of carbonyl (C=O) groups excluding carboxylic acids is 3. The van der Waals surface area contributed by atoms with Gasteiger partial charge in [-0.05, 0) is 23.8 Å². The number of hydrogen-bond acceptors (Lipinski definition) is 8. The first-order valence-corrected chi connectivity index (χ1v) is 5.91. The first-order valence-electron chi connectivity index (χ1n) is 5.91. The van der Waals surface area contributed by atoms with Crippen LogP contribution in [0.2, 0.25) is 0 Å². The Kier molecular flexibility index (Phi) is 6.42. The third kappa shape index (κ3) is 5.16. The van der Waals surface area contributed by atoms with Crippen LogP contribution >= 0.6 is 0 Å². The maximum Gasteiger partial charge on any atom is 0.513 e. The van der Waals surface area contributed by atoms with Crippen LogP contribution in [0.3, 0.4) is 0 Å². The minimum absolute atomic E-state index is 0.0486. The average molecular weight is 310 g/mol.